The van der Waals surface area contributed by atoms with Gasteiger partial charge < -0.3 is 0 Å². The second kappa shape index (κ2) is 5.25. The van der Waals surface area contributed by atoms with Crippen molar-refractivity contribution in [1.29, 1.82) is 0 Å². The minimum atomic E-state index is 0.776. The lowest BCUT2D eigenvalue weighted by atomic mass is 9.81. The van der Waals surface area contributed by atoms with E-state index in [0.717, 1.165) is 23.7 Å². The van der Waals surface area contributed by atoms with Crippen molar-refractivity contribution in [2.75, 3.05) is 0 Å². The molecule has 0 heteroatoms. The third-order valence-electron chi connectivity index (χ3n) is 4.21. The Balaban J connectivity index is 2.01. The van der Waals surface area contributed by atoms with Gasteiger partial charge in [-0.3, -0.25) is 0 Å². The van der Waals surface area contributed by atoms with Gasteiger partial charge in [0.15, 0.2) is 0 Å². The van der Waals surface area contributed by atoms with Crippen LogP contribution in [0.15, 0.2) is 24.3 Å². The van der Waals surface area contributed by atoms with Gasteiger partial charge >= 0.3 is 0 Å². The molecule has 2 rings (SSSR count). The van der Waals surface area contributed by atoms with Crippen LogP contribution < -0.4 is 0 Å². The Morgan fingerprint density at radius 2 is 1.47 bits per heavy atom. The Kier molecular flexibility index (Phi) is 3.91. The molecule has 0 atom stereocenters. The zero-order chi connectivity index (χ0) is 12.4. The van der Waals surface area contributed by atoms with Crippen molar-refractivity contribution in [2.45, 2.75) is 52.9 Å². The zero-order valence-electron chi connectivity index (χ0n) is 11.7. The summed E-state index contributed by atoms with van der Waals surface area (Å²) in [6.45, 7) is 9.40. The molecule has 0 radical (unpaired) electrons. The second-order valence-electron chi connectivity index (χ2n) is 6.37. The number of hydrogen-bond donors (Lipinski definition) is 0. The molecule has 0 bridgehead atoms. The van der Waals surface area contributed by atoms with Crippen LogP contribution in [0, 0.1) is 17.8 Å². The van der Waals surface area contributed by atoms with Crippen LogP contribution in [0.25, 0.3) is 0 Å². The van der Waals surface area contributed by atoms with Crippen molar-refractivity contribution in [3.05, 3.63) is 35.4 Å². The van der Waals surface area contributed by atoms with Crippen LogP contribution in [0.2, 0.25) is 0 Å². The molecule has 0 aliphatic heterocycles. The summed E-state index contributed by atoms with van der Waals surface area (Å²) >= 11 is 0. The highest BCUT2D eigenvalue weighted by atomic mass is 14.3. The monoisotopic (exact) mass is 230 g/mol. The summed E-state index contributed by atoms with van der Waals surface area (Å²) in [5, 5.41) is 0. The molecule has 1 fully saturated rings. The smallest absolute Gasteiger partial charge is 0.0162 e. The first-order chi connectivity index (χ1) is 8.08. The van der Waals surface area contributed by atoms with Crippen LogP contribution in [0.1, 0.15) is 57.6 Å². The molecule has 0 unspecified atom stereocenters. The van der Waals surface area contributed by atoms with Crippen molar-refractivity contribution in [1.82, 2.24) is 0 Å². The van der Waals surface area contributed by atoms with Gasteiger partial charge in [-0.05, 0) is 54.1 Å². The molecule has 1 aromatic rings. The minimum Gasteiger partial charge on any atom is -0.0625 e. The Labute approximate surface area is 106 Å². The van der Waals surface area contributed by atoms with Gasteiger partial charge in [0.2, 0.25) is 0 Å². The molecule has 94 valence electrons. The molecule has 1 saturated carbocycles. The fourth-order valence-corrected chi connectivity index (χ4v) is 2.86. The second-order valence-corrected chi connectivity index (χ2v) is 6.37. The van der Waals surface area contributed by atoms with E-state index in [-0.39, 0.29) is 0 Å². The highest BCUT2D eigenvalue weighted by molar-refractivity contribution is 5.28. The summed E-state index contributed by atoms with van der Waals surface area (Å²) in [6, 6.07) is 9.41. The summed E-state index contributed by atoms with van der Waals surface area (Å²) in [4.78, 5) is 0. The fourth-order valence-electron chi connectivity index (χ4n) is 2.86. The summed E-state index contributed by atoms with van der Waals surface area (Å²) in [6.07, 6.45) is 4.04. The van der Waals surface area contributed by atoms with E-state index in [4.69, 9.17) is 0 Å². The van der Waals surface area contributed by atoms with E-state index >= 15 is 0 Å². The molecule has 0 heterocycles. The Morgan fingerprint density at radius 3 is 1.88 bits per heavy atom. The highest BCUT2D eigenvalue weighted by Crippen LogP contribution is 2.40. The lowest BCUT2D eigenvalue weighted by Gasteiger charge is -2.25. The lowest BCUT2D eigenvalue weighted by molar-refractivity contribution is 0.286. The van der Waals surface area contributed by atoms with E-state index in [9.17, 15) is 0 Å². The molecule has 0 nitrogen and oxygen atoms in total. The van der Waals surface area contributed by atoms with Gasteiger partial charge in [0, 0.05) is 0 Å². The predicted molar refractivity (Wildman–Crippen MR) is 75.3 cm³/mol. The van der Waals surface area contributed by atoms with Crippen LogP contribution in [0.5, 0.6) is 0 Å². The van der Waals surface area contributed by atoms with E-state index in [1.54, 1.807) is 5.56 Å². The summed E-state index contributed by atoms with van der Waals surface area (Å²) in [5.41, 5.74) is 3.07. The van der Waals surface area contributed by atoms with E-state index in [1.807, 2.05) is 0 Å². The lowest BCUT2D eigenvalue weighted by Crippen LogP contribution is -2.18. The average Bonchev–Trinajstić information content (AvgIpc) is 3.09. The van der Waals surface area contributed by atoms with E-state index in [0.29, 0.717) is 0 Å². The maximum Gasteiger partial charge on any atom is -0.0162 e. The van der Waals surface area contributed by atoms with Crippen molar-refractivity contribution in [3.63, 3.8) is 0 Å². The third-order valence-corrected chi connectivity index (χ3v) is 4.21. The molecule has 0 saturated heterocycles. The molecule has 17 heavy (non-hydrogen) atoms. The molecule has 0 amide bonds. The molecule has 0 spiro atoms. The quantitative estimate of drug-likeness (QED) is 0.665. The summed E-state index contributed by atoms with van der Waals surface area (Å²) < 4.78 is 0. The van der Waals surface area contributed by atoms with Crippen molar-refractivity contribution in [3.8, 4) is 0 Å². The molecule has 1 aliphatic carbocycles. The van der Waals surface area contributed by atoms with Gasteiger partial charge in [0.1, 0.15) is 0 Å². The Hall–Kier alpha value is -0.780. The summed E-state index contributed by atoms with van der Waals surface area (Å²) in [7, 11) is 0. The van der Waals surface area contributed by atoms with Gasteiger partial charge in [0.25, 0.3) is 0 Å². The number of rotatable bonds is 5. The van der Waals surface area contributed by atoms with Crippen LogP contribution in [0.3, 0.4) is 0 Å². The van der Waals surface area contributed by atoms with Crippen LogP contribution in [-0.2, 0) is 6.42 Å². The molecule has 1 aliphatic rings. The molecular formula is C17H26. The average molecular weight is 230 g/mol. The van der Waals surface area contributed by atoms with E-state index in [1.165, 1.54) is 24.8 Å². The Morgan fingerprint density at radius 1 is 0.941 bits per heavy atom. The van der Waals surface area contributed by atoms with Gasteiger partial charge in [-0.1, -0.05) is 52.0 Å². The molecule has 1 aromatic carbocycles. The van der Waals surface area contributed by atoms with Crippen molar-refractivity contribution in [2.24, 2.45) is 17.8 Å². The first-order valence-electron chi connectivity index (χ1n) is 7.16. The maximum absolute atomic E-state index is 2.35. The number of benzene rings is 1. The van der Waals surface area contributed by atoms with E-state index in [2.05, 4.69) is 52.0 Å². The first-order valence-corrected chi connectivity index (χ1v) is 7.16. The normalized spacial score (nSPS) is 16.2. The van der Waals surface area contributed by atoms with Gasteiger partial charge in [-0.25, -0.2) is 0 Å². The molecule has 0 aromatic heterocycles. The molecule has 0 N–H and O–H groups in total. The van der Waals surface area contributed by atoms with E-state index < -0.39 is 0 Å². The van der Waals surface area contributed by atoms with Crippen LogP contribution in [0.4, 0.5) is 0 Å². The maximum atomic E-state index is 2.35. The number of hydrogen-bond acceptors (Lipinski definition) is 0. The highest BCUT2D eigenvalue weighted by Gasteiger charge is 2.23. The van der Waals surface area contributed by atoms with Gasteiger partial charge in [-0.2, -0.15) is 0 Å². The largest absolute Gasteiger partial charge is 0.0625 e. The van der Waals surface area contributed by atoms with Crippen LogP contribution in [-0.4, -0.2) is 0 Å². The topological polar surface area (TPSA) is 0 Å². The minimum absolute atomic E-state index is 0.776. The van der Waals surface area contributed by atoms with Gasteiger partial charge in [-0.15, -0.1) is 0 Å². The standard InChI is InChI=1S/C17H26/c1-12(2)17(13(3)4)11-14-5-7-15(8-6-14)16-9-10-16/h5-8,12-13,16-17H,9-11H2,1-4H3. The SMILES string of the molecule is CC(C)C(Cc1ccc(C2CC2)cc1)C(C)C. The zero-order valence-corrected chi connectivity index (χ0v) is 11.7. The molecular weight excluding hydrogens is 204 g/mol. The Bertz CT molecular complexity index is 333. The van der Waals surface area contributed by atoms with Crippen molar-refractivity contribution < 1.29 is 0 Å². The van der Waals surface area contributed by atoms with Gasteiger partial charge in [0.05, 0.1) is 0 Å². The first kappa shape index (κ1) is 12.7. The third kappa shape index (κ3) is 3.34. The summed E-state index contributed by atoms with van der Waals surface area (Å²) in [5.74, 6) is 3.24. The fraction of sp³-hybridized carbons (Fsp3) is 0.647. The van der Waals surface area contributed by atoms with Crippen LogP contribution >= 0.6 is 0 Å². The van der Waals surface area contributed by atoms with Crippen molar-refractivity contribution >= 4 is 0 Å². The predicted octanol–water partition coefficient (Wildman–Crippen LogP) is 5.03.